The van der Waals surface area contributed by atoms with Gasteiger partial charge in [0.2, 0.25) is 0 Å². The maximum absolute atomic E-state index is 12.7. The van der Waals surface area contributed by atoms with Gasteiger partial charge in [-0.15, -0.1) is 0 Å². The first-order valence-corrected chi connectivity index (χ1v) is 14.9. The molecular formula is C28H35N7O4S. The first-order valence-electron chi connectivity index (χ1n) is 13.4. The molecule has 4 aromatic rings. The number of nitrogens with one attached hydrogen (secondary N) is 2. The number of nitrogens with zero attached hydrogens (tertiary/aromatic N) is 5. The molecule has 1 unspecified atom stereocenters. The fourth-order valence-corrected chi connectivity index (χ4v) is 5.81. The first kappa shape index (κ1) is 28.0. The van der Waals surface area contributed by atoms with Crippen molar-refractivity contribution in [3.8, 4) is 11.4 Å². The maximum Gasteiger partial charge on any atom is 0.279 e. The molecule has 11 nitrogen and oxygen atoms in total. The minimum Gasteiger partial charge on any atom is -0.395 e. The maximum atomic E-state index is 12.7. The summed E-state index contributed by atoms with van der Waals surface area (Å²) in [5.74, 6) is 1.25. The van der Waals surface area contributed by atoms with Crippen molar-refractivity contribution in [3.05, 3.63) is 60.4 Å². The number of aliphatic hydroxyl groups excluding tert-OH is 1. The average molecular weight is 566 g/mol. The normalized spacial score (nSPS) is 15.9. The first-order chi connectivity index (χ1) is 19.4. The number of hydrogen-bond acceptors (Lipinski definition) is 9. The number of fused-ring (bicyclic) bond motifs is 1. The molecule has 0 saturated carbocycles. The molecule has 1 atom stereocenters. The Morgan fingerprint density at radius 2 is 1.95 bits per heavy atom. The lowest BCUT2D eigenvalue weighted by Crippen LogP contribution is -2.28. The molecule has 3 N–H and O–H groups in total. The second kappa shape index (κ2) is 12.3. The number of aryl methyl sites for hydroxylation is 1. The van der Waals surface area contributed by atoms with Gasteiger partial charge in [-0.2, -0.15) is 8.42 Å². The smallest absolute Gasteiger partial charge is 0.279 e. The zero-order valence-electron chi connectivity index (χ0n) is 22.7. The van der Waals surface area contributed by atoms with Gasteiger partial charge >= 0.3 is 0 Å². The number of sulfonamides is 1. The van der Waals surface area contributed by atoms with Crippen molar-refractivity contribution >= 4 is 32.6 Å². The molecule has 5 rings (SSSR count). The Hall–Kier alpha value is -3.58. The molecule has 0 aliphatic carbocycles. The predicted molar refractivity (Wildman–Crippen MR) is 155 cm³/mol. The summed E-state index contributed by atoms with van der Waals surface area (Å²) in [6, 6.07) is 11.7. The summed E-state index contributed by atoms with van der Waals surface area (Å²) >= 11 is 0. The highest BCUT2D eigenvalue weighted by Crippen LogP contribution is 2.34. The number of anilines is 2. The Bertz CT molecular complexity index is 1540. The van der Waals surface area contributed by atoms with Crippen LogP contribution in [-0.2, 0) is 14.8 Å². The van der Waals surface area contributed by atoms with E-state index in [4.69, 9.17) is 14.7 Å². The van der Waals surface area contributed by atoms with E-state index in [2.05, 4.69) is 32.7 Å². The van der Waals surface area contributed by atoms with Crippen LogP contribution in [0.2, 0.25) is 0 Å². The minimum atomic E-state index is -3.80. The van der Waals surface area contributed by atoms with Crippen LogP contribution in [0.25, 0.3) is 22.4 Å². The van der Waals surface area contributed by atoms with Crippen LogP contribution < -0.4 is 10.0 Å². The topological polar surface area (TPSA) is 134 Å². The average Bonchev–Trinajstić information content (AvgIpc) is 3.30. The third kappa shape index (κ3) is 6.25. The molecule has 40 heavy (non-hydrogen) atoms. The van der Waals surface area contributed by atoms with E-state index in [0.717, 1.165) is 60.4 Å². The van der Waals surface area contributed by atoms with Crippen molar-refractivity contribution in [3.63, 3.8) is 0 Å². The van der Waals surface area contributed by atoms with Gasteiger partial charge < -0.3 is 24.6 Å². The summed E-state index contributed by atoms with van der Waals surface area (Å²) in [4.78, 5) is 15.8. The van der Waals surface area contributed by atoms with Crippen molar-refractivity contribution in [1.82, 2.24) is 24.4 Å². The van der Waals surface area contributed by atoms with Crippen LogP contribution in [0.1, 0.15) is 31.1 Å². The van der Waals surface area contributed by atoms with Gasteiger partial charge in [-0.25, -0.2) is 15.0 Å². The van der Waals surface area contributed by atoms with Crippen molar-refractivity contribution in [2.45, 2.75) is 37.4 Å². The van der Waals surface area contributed by atoms with Crippen LogP contribution in [0.15, 0.2) is 59.9 Å². The Morgan fingerprint density at radius 1 is 1.12 bits per heavy atom. The largest absolute Gasteiger partial charge is 0.395 e. The highest BCUT2D eigenvalue weighted by molar-refractivity contribution is 7.92. The van der Waals surface area contributed by atoms with E-state index >= 15 is 0 Å². The van der Waals surface area contributed by atoms with Crippen LogP contribution in [0, 0.1) is 6.92 Å². The second-order valence-corrected chi connectivity index (χ2v) is 11.6. The Labute approximate surface area is 234 Å². The van der Waals surface area contributed by atoms with Crippen LogP contribution in [0.5, 0.6) is 0 Å². The monoisotopic (exact) mass is 565 g/mol. The number of aliphatic hydroxyl groups is 1. The third-order valence-electron chi connectivity index (χ3n) is 6.90. The van der Waals surface area contributed by atoms with Crippen LogP contribution in [0.3, 0.4) is 0 Å². The van der Waals surface area contributed by atoms with Crippen LogP contribution in [0.4, 0.5) is 11.5 Å². The van der Waals surface area contributed by atoms with Crippen molar-refractivity contribution in [1.29, 1.82) is 0 Å². The molecule has 0 bridgehead atoms. The summed E-state index contributed by atoms with van der Waals surface area (Å²) in [7, 11) is -1.84. The van der Waals surface area contributed by atoms with Gasteiger partial charge in [0.05, 0.1) is 12.0 Å². The van der Waals surface area contributed by atoms with Crippen LogP contribution >= 0.6 is 0 Å². The lowest BCUT2D eigenvalue weighted by Gasteiger charge is -2.24. The van der Waals surface area contributed by atoms with E-state index < -0.39 is 10.0 Å². The highest BCUT2D eigenvalue weighted by Gasteiger charge is 2.23. The number of likely N-dealkylation sites (N-methyl/N-ethyl adjacent to an activating group) is 1. The van der Waals surface area contributed by atoms with Gasteiger partial charge in [0.25, 0.3) is 10.0 Å². The molecule has 4 heterocycles. The Morgan fingerprint density at radius 3 is 2.65 bits per heavy atom. The molecule has 0 radical (unpaired) electrons. The van der Waals surface area contributed by atoms with E-state index in [-0.39, 0.29) is 17.9 Å². The summed E-state index contributed by atoms with van der Waals surface area (Å²) in [6.45, 7) is 4.85. The van der Waals surface area contributed by atoms with Gasteiger partial charge in [0.1, 0.15) is 17.7 Å². The zero-order chi connectivity index (χ0) is 28.1. The quantitative estimate of drug-likeness (QED) is 0.249. The van der Waals surface area contributed by atoms with E-state index in [9.17, 15) is 13.5 Å². The predicted octanol–water partition coefficient (Wildman–Crippen LogP) is 3.64. The summed E-state index contributed by atoms with van der Waals surface area (Å²) in [6.07, 6.45) is 6.51. The molecule has 1 fully saturated rings. The molecular weight excluding hydrogens is 530 g/mol. The van der Waals surface area contributed by atoms with Crippen molar-refractivity contribution in [2.75, 3.05) is 49.9 Å². The molecule has 0 amide bonds. The SMILES string of the molecule is Cc1cn(C2CCCCO2)c2nc(-c3ccc(NS(=O)(=O)c4ccccn4)cc3)nc(NCCN(C)CCO)c12. The van der Waals surface area contributed by atoms with Gasteiger partial charge in [-0.1, -0.05) is 6.07 Å². The van der Waals surface area contributed by atoms with Gasteiger partial charge in [0, 0.05) is 49.9 Å². The zero-order valence-corrected chi connectivity index (χ0v) is 23.6. The number of hydrogen-bond donors (Lipinski definition) is 3. The number of ether oxygens (including phenoxy) is 1. The van der Waals surface area contributed by atoms with Crippen molar-refractivity contribution in [2.24, 2.45) is 0 Å². The lowest BCUT2D eigenvalue weighted by atomic mass is 10.2. The Balaban J connectivity index is 1.47. The van der Waals surface area contributed by atoms with E-state index in [1.165, 1.54) is 12.3 Å². The summed E-state index contributed by atoms with van der Waals surface area (Å²) < 4.78 is 36.1. The van der Waals surface area contributed by atoms with E-state index in [1.807, 2.05) is 11.9 Å². The highest BCUT2D eigenvalue weighted by atomic mass is 32.2. The van der Waals surface area contributed by atoms with Gasteiger partial charge in [-0.05, 0) is 75.2 Å². The molecule has 1 saturated heterocycles. The van der Waals surface area contributed by atoms with E-state index in [1.54, 1.807) is 36.4 Å². The number of pyridine rings is 1. The Kier molecular flexibility index (Phi) is 8.60. The third-order valence-corrected chi connectivity index (χ3v) is 8.20. The summed E-state index contributed by atoms with van der Waals surface area (Å²) in [5.41, 5.74) is 3.01. The lowest BCUT2D eigenvalue weighted by molar-refractivity contribution is -0.0295. The van der Waals surface area contributed by atoms with Crippen LogP contribution in [-0.4, -0.2) is 77.8 Å². The van der Waals surface area contributed by atoms with E-state index in [0.29, 0.717) is 24.6 Å². The molecule has 1 aliphatic heterocycles. The molecule has 1 aromatic carbocycles. The number of benzene rings is 1. The number of rotatable bonds is 11. The molecule has 12 heteroatoms. The van der Waals surface area contributed by atoms with Gasteiger partial charge in [0.15, 0.2) is 10.9 Å². The molecule has 3 aromatic heterocycles. The number of aromatic nitrogens is 4. The minimum absolute atomic E-state index is 0.0470. The fourth-order valence-electron chi connectivity index (χ4n) is 4.80. The standard InChI is InChI=1S/C28H35N7O4S/c1-20-19-35(24-8-4-6-18-39-24)28-25(20)27(30-14-15-34(2)16-17-36)31-26(32-28)21-9-11-22(12-10-21)33-40(37,38)23-7-3-5-13-29-23/h3,5,7,9-13,19,24,33,36H,4,6,8,14-18H2,1-2H3,(H,30,31,32). The summed E-state index contributed by atoms with van der Waals surface area (Å²) in [5, 5.41) is 13.6. The van der Waals surface area contributed by atoms with Gasteiger partial charge in [-0.3, -0.25) is 4.72 Å². The molecule has 212 valence electrons. The fraction of sp³-hybridized carbons (Fsp3) is 0.393. The second-order valence-electron chi connectivity index (χ2n) is 9.94. The molecule has 0 spiro atoms. The molecule has 1 aliphatic rings. The van der Waals surface area contributed by atoms with Crippen molar-refractivity contribution < 1.29 is 18.3 Å².